The van der Waals surface area contributed by atoms with E-state index in [0.29, 0.717) is 18.8 Å². The highest BCUT2D eigenvalue weighted by molar-refractivity contribution is 7.89. The molecule has 3 rings (SSSR count). The van der Waals surface area contributed by atoms with Crippen LogP contribution in [0.5, 0.6) is 0 Å². The fraction of sp³-hybridized carbons (Fsp3) is 0.556. The number of carbonyl (C=O) groups is 2. The van der Waals surface area contributed by atoms with Gasteiger partial charge in [0.15, 0.2) is 0 Å². The topological polar surface area (TPSA) is 107 Å². The van der Waals surface area contributed by atoms with E-state index in [1.807, 2.05) is 0 Å². The molecule has 148 valence electrons. The molecule has 1 aliphatic carbocycles. The molecule has 0 spiro atoms. The Bertz CT molecular complexity index is 816. The van der Waals surface area contributed by atoms with Gasteiger partial charge in [0.2, 0.25) is 15.9 Å². The number of carboxylic acids is 1. The average Bonchev–Trinajstić information content (AvgIpc) is 3.31. The van der Waals surface area contributed by atoms with Crippen molar-refractivity contribution >= 4 is 27.6 Å². The lowest BCUT2D eigenvalue weighted by molar-refractivity contribution is -0.143. The van der Waals surface area contributed by atoms with Gasteiger partial charge in [-0.15, -0.1) is 0 Å². The molecule has 1 atom stereocenters. The van der Waals surface area contributed by atoms with Crippen LogP contribution in [-0.2, 0) is 19.6 Å². The van der Waals surface area contributed by atoms with Gasteiger partial charge in [0, 0.05) is 24.8 Å². The Morgan fingerprint density at radius 3 is 2.56 bits per heavy atom. The summed E-state index contributed by atoms with van der Waals surface area (Å²) in [5.74, 6) is -1.32. The number of nitrogens with one attached hydrogen (secondary N) is 1. The van der Waals surface area contributed by atoms with Crippen molar-refractivity contribution < 1.29 is 23.1 Å². The summed E-state index contributed by atoms with van der Waals surface area (Å²) >= 11 is 0. The molecule has 27 heavy (non-hydrogen) atoms. The number of anilines is 1. The predicted octanol–water partition coefficient (Wildman–Crippen LogP) is 1.35. The highest BCUT2D eigenvalue weighted by Crippen LogP contribution is 2.29. The van der Waals surface area contributed by atoms with Gasteiger partial charge in [0.05, 0.1) is 11.4 Å². The smallest absolute Gasteiger partial charge is 0.320 e. The Balaban J connectivity index is 1.68. The number of carboxylic acid groups (broad SMARTS) is 1. The fourth-order valence-electron chi connectivity index (χ4n) is 3.31. The Labute approximate surface area is 159 Å². The van der Waals surface area contributed by atoms with Gasteiger partial charge in [-0.05, 0) is 50.8 Å². The lowest BCUT2D eigenvalue weighted by Gasteiger charge is -2.25. The number of amides is 1. The van der Waals surface area contributed by atoms with Gasteiger partial charge in [-0.25, -0.2) is 8.42 Å². The molecule has 1 heterocycles. The molecule has 1 aromatic carbocycles. The maximum Gasteiger partial charge on any atom is 0.320 e. The molecule has 2 fully saturated rings. The van der Waals surface area contributed by atoms with Crippen molar-refractivity contribution in [2.45, 2.75) is 49.6 Å². The molecular formula is C18H25N3O5S. The summed E-state index contributed by atoms with van der Waals surface area (Å²) in [4.78, 5) is 25.5. The maximum atomic E-state index is 12.7. The Kier molecular flexibility index (Phi) is 5.83. The van der Waals surface area contributed by atoms with Crippen molar-refractivity contribution in [2.24, 2.45) is 0 Å². The van der Waals surface area contributed by atoms with Gasteiger partial charge in [-0.1, -0.05) is 6.07 Å². The molecule has 1 aliphatic heterocycles. The minimum atomic E-state index is -3.55. The van der Waals surface area contributed by atoms with E-state index in [1.165, 1.54) is 16.4 Å². The van der Waals surface area contributed by atoms with Gasteiger partial charge >= 0.3 is 5.97 Å². The molecule has 9 heteroatoms. The summed E-state index contributed by atoms with van der Waals surface area (Å²) < 4.78 is 26.8. The number of hydrogen-bond donors (Lipinski definition) is 2. The van der Waals surface area contributed by atoms with E-state index in [2.05, 4.69) is 5.32 Å². The minimum Gasteiger partial charge on any atom is -0.480 e. The third-order valence-corrected chi connectivity index (χ3v) is 6.91. The first-order chi connectivity index (χ1) is 12.8. The maximum absolute atomic E-state index is 12.7. The van der Waals surface area contributed by atoms with Crippen LogP contribution >= 0.6 is 0 Å². The highest BCUT2D eigenvalue weighted by Gasteiger charge is 2.36. The zero-order valence-electron chi connectivity index (χ0n) is 15.3. The second-order valence-corrected chi connectivity index (χ2v) is 9.04. The second kappa shape index (κ2) is 7.95. The van der Waals surface area contributed by atoms with Gasteiger partial charge in [0.25, 0.3) is 0 Å². The normalized spacial score (nSPS) is 19.2. The van der Waals surface area contributed by atoms with Crippen molar-refractivity contribution in [1.82, 2.24) is 9.21 Å². The molecule has 1 saturated heterocycles. The Hall–Kier alpha value is -1.97. The first-order valence-corrected chi connectivity index (χ1v) is 10.6. The first kappa shape index (κ1) is 19.8. The molecule has 1 amide bonds. The number of carbonyl (C=O) groups excluding carboxylic acids is 1. The van der Waals surface area contributed by atoms with Gasteiger partial charge in [-0.2, -0.15) is 4.31 Å². The standard InChI is InChI=1S/C18H25N3O5S/c1-13(18(23)24)21(15-7-8-15)12-17(22)19-14-5-4-6-16(11-14)27(25,26)20-9-2-3-10-20/h4-6,11,13,15H,2-3,7-10,12H2,1H3,(H,19,22)(H,23,24). The first-order valence-electron chi connectivity index (χ1n) is 9.17. The zero-order chi connectivity index (χ0) is 19.6. The predicted molar refractivity (Wildman–Crippen MR) is 99.9 cm³/mol. The Morgan fingerprint density at radius 1 is 1.30 bits per heavy atom. The second-order valence-electron chi connectivity index (χ2n) is 7.10. The van der Waals surface area contributed by atoms with Crippen molar-refractivity contribution in [2.75, 3.05) is 25.0 Å². The van der Waals surface area contributed by atoms with Crippen molar-refractivity contribution in [3.63, 3.8) is 0 Å². The van der Waals surface area contributed by atoms with E-state index >= 15 is 0 Å². The van der Waals surface area contributed by atoms with Crippen LogP contribution < -0.4 is 5.32 Å². The van der Waals surface area contributed by atoms with E-state index < -0.39 is 22.0 Å². The van der Waals surface area contributed by atoms with Crippen LogP contribution in [0.25, 0.3) is 0 Å². The average molecular weight is 395 g/mol. The van der Waals surface area contributed by atoms with Crippen LogP contribution in [-0.4, -0.2) is 66.3 Å². The number of nitrogens with zero attached hydrogens (tertiary/aromatic N) is 2. The van der Waals surface area contributed by atoms with E-state index in [1.54, 1.807) is 24.0 Å². The van der Waals surface area contributed by atoms with Gasteiger partial charge in [-0.3, -0.25) is 14.5 Å². The lowest BCUT2D eigenvalue weighted by Crippen LogP contribution is -2.44. The third-order valence-electron chi connectivity index (χ3n) is 5.02. The molecule has 2 N–H and O–H groups in total. The monoisotopic (exact) mass is 395 g/mol. The third kappa shape index (κ3) is 4.66. The molecule has 8 nitrogen and oxygen atoms in total. The van der Waals surface area contributed by atoms with E-state index in [0.717, 1.165) is 25.7 Å². The zero-order valence-corrected chi connectivity index (χ0v) is 16.1. The number of aliphatic carboxylic acids is 1. The van der Waals surface area contributed by atoms with E-state index in [9.17, 15) is 23.1 Å². The van der Waals surface area contributed by atoms with Crippen LogP contribution in [0, 0.1) is 0 Å². The molecule has 0 radical (unpaired) electrons. The highest BCUT2D eigenvalue weighted by atomic mass is 32.2. The molecule has 0 aromatic heterocycles. The van der Waals surface area contributed by atoms with Crippen LogP contribution in [0.2, 0.25) is 0 Å². The van der Waals surface area contributed by atoms with Gasteiger partial charge in [0.1, 0.15) is 6.04 Å². The van der Waals surface area contributed by atoms with Crippen LogP contribution in [0.15, 0.2) is 29.2 Å². The summed E-state index contributed by atoms with van der Waals surface area (Å²) in [6.45, 7) is 2.56. The van der Waals surface area contributed by atoms with Crippen LogP contribution in [0.3, 0.4) is 0 Å². The summed E-state index contributed by atoms with van der Waals surface area (Å²) in [6.07, 6.45) is 3.48. The largest absolute Gasteiger partial charge is 0.480 e. The lowest BCUT2D eigenvalue weighted by atomic mass is 10.2. The Morgan fingerprint density at radius 2 is 1.96 bits per heavy atom. The number of sulfonamides is 1. The molecular weight excluding hydrogens is 370 g/mol. The number of hydrogen-bond acceptors (Lipinski definition) is 5. The quantitative estimate of drug-likeness (QED) is 0.688. The molecule has 1 saturated carbocycles. The van der Waals surface area contributed by atoms with E-state index in [4.69, 9.17) is 0 Å². The molecule has 2 aliphatic rings. The van der Waals surface area contributed by atoms with Crippen molar-refractivity contribution in [1.29, 1.82) is 0 Å². The molecule has 0 bridgehead atoms. The summed E-state index contributed by atoms with van der Waals surface area (Å²) in [7, 11) is -3.55. The number of benzene rings is 1. The van der Waals surface area contributed by atoms with Crippen molar-refractivity contribution in [3.05, 3.63) is 24.3 Å². The summed E-state index contributed by atoms with van der Waals surface area (Å²) in [5, 5.41) is 11.9. The summed E-state index contributed by atoms with van der Waals surface area (Å²) in [5.41, 5.74) is 0.388. The van der Waals surface area contributed by atoms with Gasteiger partial charge < -0.3 is 10.4 Å². The SMILES string of the molecule is CC(C(=O)O)N(CC(=O)Nc1cccc(S(=O)(=O)N2CCCC2)c1)C1CC1. The van der Waals surface area contributed by atoms with Crippen LogP contribution in [0.4, 0.5) is 5.69 Å². The van der Waals surface area contributed by atoms with E-state index in [-0.39, 0.29) is 23.4 Å². The van der Waals surface area contributed by atoms with Crippen molar-refractivity contribution in [3.8, 4) is 0 Å². The summed E-state index contributed by atoms with van der Waals surface area (Å²) in [6, 6.07) is 5.56. The van der Waals surface area contributed by atoms with Crippen LogP contribution in [0.1, 0.15) is 32.6 Å². The molecule has 1 aromatic rings. The number of rotatable bonds is 8. The minimum absolute atomic E-state index is 0.0404. The molecule has 1 unspecified atom stereocenters. The fourth-order valence-corrected chi connectivity index (χ4v) is 4.87.